The summed E-state index contributed by atoms with van der Waals surface area (Å²) in [5, 5.41) is 12.7. The van der Waals surface area contributed by atoms with Crippen molar-refractivity contribution in [1.82, 2.24) is 5.32 Å². The molecule has 1 heterocycles. The number of carbonyl (C=O) groups is 3. The molecule has 4 rings (SSSR count). The normalized spacial score (nSPS) is 11.0. The molecule has 4 aromatic rings. The van der Waals surface area contributed by atoms with E-state index in [4.69, 9.17) is 11.6 Å². The Hall–Kier alpha value is -3.85. The highest BCUT2D eigenvalue weighted by Gasteiger charge is 2.15. The molecule has 0 aliphatic heterocycles. The van der Waals surface area contributed by atoms with Gasteiger partial charge in [-0.25, -0.2) is 0 Å². The predicted octanol–water partition coefficient (Wildman–Crippen LogP) is 6.54. The molecule has 9 heteroatoms. The maximum absolute atomic E-state index is 13.1. The van der Waals surface area contributed by atoms with E-state index < -0.39 is 5.91 Å². The van der Waals surface area contributed by atoms with Crippen LogP contribution < -0.4 is 16.0 Å². The van der Waals surface area contributed by atoms with Gasteiger partial charge in [0, 0.05) is 26.9 Å². The third-order valence-corrected chi connectivity index (χ3v) is 6.88. The van der Waals surface area contributed by atoms with E-state index in [1.165, 1.54) is 23.1 Å². The Balaban J connectivity index is 1.41. The van der Waals surface area contributed by atoms with Gasteiger partial charge in [0.15, 0.2) is 0 Å². The molecule has 3 amide bonds. The highest BCUT2D eigenvalue weighted by Crippen LogP contribution is 2.23. The molecule has 37 heavy (non-hydrogen) atoms. The van der Waals surface area contributed by atoms with Crippen LogP contribution in [-0.4, -0.2) is 23.5 Å². The molecule has 0 spiro atoms. The molecule has 0 saturated heterocycles. The van der Waals surface area contributed by atoms with Gasteiger partial charge < -0.3 is 16.0 Å². The van der Waals surface area contributed by atoms with Crippen LogP contribution in [0.3, 0.4) is 0 Å². The zero-order valence-electron chi connectivity index (χ0n) is 19.4. The summed E-state index contributed by atoms with van der Waals surface area (Å²) < 4.78 is 0. The van der Waals surface area contributed by atoms with Gasteiger partial charge in [-0.3, -0.25) is 14.4 Å². The fourth-order valence-corrected chi connectivity index (χ4v) is 4.80. The van der Waals surface area contributed by atoms with Gasteiger partial charge in [-0.05, 0) is 77.0 Å². The maximum atomic E-state index is 13.1. The predicted molar refractivity (Wildman–Crippen MR) is 152 cm³/mol. The molecule has 3 N–H and O–H groups in total. The molecule has 0 unspecified atom stereocenters. The molecule has 0 atom stereocenters. The molecule has 1 aromatic heterocycles. The van der Waals surface area contributed by atoms with Crippen LogP contribution in [0, 0.1) is 0 Å². The Morgan fingerprint density at radius 2 is 1.62 bits per heavy atom. The number of thioether (sulfide) groups is 1. The molecule has 0 radical (unpaired) electrons. The summed E-state index contributed by atoms with van der Waals surface area (Å²) >= 11 is 8.79. The van der Waals surface area contributed by atoms with Gasteiger partial charge >= 0.3 is 0 Å². The second-order valence-electron chi connectivity index (χ2n) is 7.76. The minimum Gasteiger partial charge on any atom is -0.325 e. The van der Waals surface area contributed by atoms with E-state index in [1.54, 1.807) is 72.8 Å². The van der Waals surface area contributed by atoms with Crippen LogP contribution in [0.1, 0.15) is 15.9 Å². The van der Waals surface area contributed by atoms with Crippen molar-refractivity contribution < 1.29 is 14.4 Å². The van der Waals surface area contributed by atoms with E-state index in [1.807, 2.05) is 29.0 Å². The number of hydrogen-bond acceptors (Lipinski definition) is 5. The first-order valence-electron chi connectivity index (χ1n) is 11.2. The molecule has 186 valence electrons. The second-order valence-corrected chi connectivity index (χ2v) is 10.0. The zero-order chi connectivity index (χ0) is 26.0. The van der Waals surface area contributed by atoms with Crippen LogP contribution in [0.25, 0.3) is 6.08 Å². The number of benzene rings is 3. The molecule has 6 nitrogen and oxygen atoms in total. The van der Waals surface area contributed by atoms with Crippen molar-refractivity contribution in [3.63, 3.8) is 0 Å². The van der Waals surface area contributed by atoms with Crippen molar-refractivity contribution >= 4 is 69.9 Å². The smallest absolute Gasteiger partial charge is 0.272 e. The van der Waals surface area contributed by atoms with Crippen LogP contribution in [0.4, 0.5) is 11.4 Å². The Morgan fingerprint density at radius 1 is 0.865 bits per heavy atom. The molecule has 0 aliphatic rings. The summed E-state index contributed by atoms with van der Waals surface area (Å²) in [6.07, 6.45) is 1.63. The standard InChI is InChI=1S/C28H22ClN3O3S2/c29-21-8-4-9-22(15-21)30-26(33)18-37-24-11-5-10-23(16-24)31-28(35)25(14-19-12-13-36-17-19)32-27(34)20-6-2-1-3-7-20/h1-17H,18H2,(H,30,33)(H,31,35)(H,32,34)/b25-14-. The van der Waals surface area contributed by atoms with E-state index >= 15 is 0 Å². The maximum Gasteiger partial charge on any atom is 0.272 e. The van der Waals surface area contributed by atoms with Crippen molar-refractivity contribution in [2.24, 2.45) is 0 Å². The average molecular weight is 548 g/mol. The van der Waals surface area contributed by atoms with E-state index in [9.17, 15) is 14.4 Å². The molecular formula is C28H22ClN3O3S2. The van der Waals surface area contributed by atoms with E-state index in [0.717, 1.165) is 10.5 Å². The number of thiophene rings is 1. The molecule has 3 aromatic carbocycles. The fraction of sp³-hybridized carbons (Fsp3) is 0.0357. The number of halogens is 1. The van der Waals surface area contributed by atoms with Crippen LogP contribution in [0.15, 0.2) is 106 Å². The first-order chi connectivity index (χ1) is 18.0. The quantitative estimate of drug-likeness (QED) is 0.164. The third kappa shape index (κ3) is 8.08. The van der Waals surface area contributed by atoms with Crippen LogP contribution >= 0.6 is 34.7 Å². The molecule has 0 fully saturated rings. The zero-order valence-corrected chi connectivity index (χ0v) is 21.8. The lowest BCUT2D eigenvalue weighted by atomic mass is 10.2. The number of rotatable bonds is 9. The largest absolute Gasteiger partial charge is 0.325 e. The number of amides is 3. The number of carbonyl (C=O) groups excluding carboxylic acids is 3. The number of nitrogens with one attached hydrogen (secondary N) is 3. The van der Waals surface area contributed by atoms with Crippen molar-refractivity contribution in [1.29, 1.82) is 0 Å². The first-order valence-corrected chi connectivity index (χ1v) is 13.5. The Bertz CT molecular complexity index is 1420. The summed E-state index contributed by atoms with van der Waals surface area (Å²) in [7, 11) is 0. The Labute approximate surface area is 227 Å². The van der Waals surface area contributed by atoms with E-state index in [0.29, 0.717) is 22.0 Å². The van der Waals surface area contributed by atoms with Crippen LogP contribution in [0.2, 0.25) is 5.02 Å². The summed E-state index contributed by atoms with van der Waals surface area (Å²) in [6.45, 7) is 0. The minimum absolute atomic E-state index is 0.117. The van der Waals surface area contributed by atoms with Gasteiger partial charge in [-0.2, -0.15) is 11.3 Å². The highest BCUT2D eigenvalue weighted by molar-refractivity contribution is 8.00. The molecule has 0 saturated carbocycles. The van der Waals surface area contributed by atoms with Crippen molar-refractivity contribution in [2.75, 3.05) is 16.4 Å². The third-order valence-electron chi connectivity index (χ3n) is 4.95. The summed E-state index contributed by atoms with van der Waals surface area (Å²) in [5.41, 5.74) is 2.53. The monoisotopic (exact) mass is 547 g/mol. The SMILES string of the molecule is O=C(CSc1cccc(NC(=O)/C(=C/c2ccsc2)NC(=O)c2ccccc2)c1)Nc1cccc(Cl)c1. The average Bonchev–Trinajstić information content (AvgIpc) is 3.41. The van der Waals surface area contributed by atoms with Gasteiger partial charge in [0.25, 0.3) is 11.8 Å². The number of anilines is 2. The molecule has 0 aliphatic carbocycles. The second kappa shape index (κ2) is 12.9. The Morgan fingerprint density at radius 3 is 2.35 bits per heavy atom. The van der Waals surface area contributed by atoms with E-state index in [2.05, 4.69) is 16.0 Å². The molecular weight excluding hydrogens is 526 g/mol. The molecule has 0 bridgehead atoms. The summed E-state index contributed by atoms with van der Waals surface area (Å²) in [5.74, 6) is -0.838. The Kier molecular flexibility index (Phi) is 9.15. The van der Waals surface area contributed by atoms with Gasteiger partial charge in [0.1, 0.15) is 5.70 Å². The minimum atomic E-state index is -0.462. The van der Waals surface area contributed by atoms with Crippen LogP contribution in [-0.2, 0) is 9.59 Å². The fourth-order valence-electron chi connectivity index (χ4n) is 3.24. The van der Waals surface area contributed by atoms with Crippen molar-refractivity contribution in [3.05, 3.63) is 118 Å². The van der Waals surface area contributed by atoms with Gasteiger partial charge in [-0.15, -0.1) is 11.8 Å². The topological polar surface area (TPSA) is 87.3 Å². The van der Waals surface area contributed by atoms with Gasteiger partial charge in [0.2, 0.25) is 5.91 Å². The first kappa shape index (κ1) is 26.2. The van der Waals surface area contributed by atoms with Gasteiger partial charge in [-0.1, -0.05) is 41.9 Å². The lowest BCUT2D eigenvalue weighted by Gasteiger charge is -2.12. The summed E-state index contributed by atoms with van der Waals surface area (Å²) in [4.78, 5) is 39.0. The number of hydrogen-bond donors (Lipinski definition) is 3. The highest BCUT2D eigenvalue weighted by atomic mass is 35.5. The lowest BCUT2D eigenvalue weighted by Crippen LogP contribution is -2.30. The van der Waals surface area contributed by atoms with Crippen LogP contribution in [0.5, 0.6) is 0 Å². The van der Waals surface area contributed by atoms with E-state index in [-0.39, 0.29) is 23.3 Å². The summed E-state index contributed by atoms with van der Waals surface area (Å²) in [6, 6.07) is 24.7. The van der Waals surface area contributed by atoms with Gasteiger partial charge in [0.05, 0.1) is 5.75 Å². The lowest BCUT2D eigenvalue weighted by molar-refractivity contribution is -0.114. The van der Waals surface area contributed by atoms with Crippen molar-refractivity contribution in [2.45, 2.75) is 4.90 Å². The van der Waals surface area contributed by atoms with Crippen molar-refractivity contribution in [3.8, 4) is 0 Å².